The van der Waals surface area contributed by atoms with Crippen LogP contribution in [0.5, 0.6) is 0 Å². The standard InChI is InChI=1S/C14H17FN2O2/c15-12-5-3-4-11(10-12)14(19)16-7-6-13(18)17-8-1-2-9-17/h3-5,10H,1-2,6-9H2,(H,16,19). The van der Waals surface area contributed by atoms with Crippen LogP contribution in [0.2, 0.25) is 0 Å². The van der Waals surface area contributed by atoms with Gasteiger partial charge in [0.05, 0.1) is 0 Å². The van der Waals surface area contributed by atoms with Gasteiger partial charge in [0.25, 0.3) is 5.91 Å². The summed E-state index contributed by atoms with van der Waals surface area (Å²) in [6.07, 6.45) is 2.41. The third kappa shape index (κ3) is 3.77. The van der Waals surface area contributed by atoms with E-state index in [2.05, 4.69) is 5.32 Å². The van der Waals surface area contributed by atoms with Crippen molar-refractivity contribution < 1.29 is 14.0 Å². The SMILES string of the molecule is O=C(NCCC(=O)N1CCCC1)c1cccc(F)c1. The second kappa shape index (κ2) is 6.31. The third-order valence-corrected chi connectivity index (χ3v) is 3.17. The number of benzene rings is 1. The number of carbonyl (C=O) groups is 2. The lowest BCUT2D eigenvalue weighted by Crippen LogP contribution is -2.32. The van der Waals surface area contributed by atoms with Crippen molar-refractivity contribution in [1.82, 2.24) is 10.2 Å². The maximum atomic E-state index is 12.9. The van der Waals surface area contributed by atoms with Gasteiger partial charge >= 0.3 is 0 Å². The molecule has 1 saturated heterocycles. The summed E-state index contributed by atoms with van der Waals surface area (Å²) in [6, 6.07) is 5.49. The van der Waals surface area contributed by atoms with Crippen molar-refractivity contribution in [3.63, 3.8) is 0 Å². The Morgan fingerprint density at radius 2 is 2.00 bits per heavy atom. The van der Waals surface area contributed by atoms with Crippen LogP contribution in [-0.4, -0.2) is 36.3 Å². The fourth-order valence-electron chi connectivity index (χ4n) is 2.14. The summed E-state index contributed by atoms with van der Waals surface area (Å²) >= 11 is 0. The van der Waals surface area contributed by atoms with E-state index in [9.17, 15) is 14.0 Å². The average molecular weight is 264 g/mol. The van der Waals surface area contributed by atoms with Gasteiger partial charge in [0.1, 0.15) is 5.82 Å². The van der Waals surface area contributed by atoms with Gasteiger partial charge in [-0.05, 0) is 31.0 Å². The molecule has 0 aliphatic carbocycles. The summed E-state index contributed by atoms with van der Waals surface area (Å²) < 4.78 is 12.9. The quantitative estimate of drug-likeness (QED) is 0.897. The maximum Gasteiger partial charge on any atom is 0.251 e. The summed E-state index contributed by atoms with van der Waals surface area (Å²) in [5.41, 5.74) is 0.272. The lowest BCUT2D eigenvalue weighted by molar-refractivity contribution is -0.129. The van der Waals surface area contributed by atoms with Crippen LogP contribution in [0, 0.1) is 5.82 Å². The van der Waals surface area contributed by atoms with E-state index in [1.807, 2.05) is 4.90 Å². The second-order valence-corrected chi connectivity index (χ2v) is 4.60. The van der Waals surface area contributed by atoms with Crippen LogP contribution >= 0.6 is 0 Å². The van der Waals surface area contributed by atoms with Gasteiger partial charge in [-0.3, -0.25) is 9.59 Å². The summed E-state index contributed by atoms with van der Waals surface area (Å²) in [6.45, 7) is 1.91. The Hall–Kier alpha value is -1.91. The number of halogens is 1. The minimum absolute atomic E-state index is 0.0667. The van der Waals surface area contributed by atoms with Crippen molar-refractivity contribution in [1.29, 1.82) is 0 Å². The summed E-state index contributed by atoms with van der Waals surface area (Å²) in [5.74, 6) is -0.730. The Balaban J connectivity index is 1.76. The molecular weight excluding hydrogens is 247 g/mol. The molecule has 0 atom stereocenters. The lowest BCUT2D eigenvalue weighted by Gasteiger charge is -2.15. The molecule has 102 valence electrons. The molecule has 1 aromatic rings. The minimum Gasteiger partial charge on any atom is -0.352 e. The first kappa shape index (κ1) is 13.5. The average Bonchev–Trinajstić information content (AvgIpc) is 2.92. The lowest BCUT2D eigenvalue weighted by atomic mass is 10.2. The van der Waals surface area contributed by atoms with Crippen molar-refractivity contribution in [3.05, 3.63) is 35.6 Å². The van der Waals surface area contributed by atoms with Crippen LogP contribution in [0.4, 0.5) is 4.39 Å². The third-order valence-electron chi connectivity index (χ3n) is 3.17. The molecule has 0 unspecified atom stereocenters. The fraction of sp³-hybridized carbons (Fsp3) is 0.429. The Morgan fingerprint density at radius 1 is 1.26 bits per heavy atom. The van der Waals surface area contributed by atoms with Crippen LogP contribution < -0.4 is 5.32 Å². The molecule has 1 fully saturated rings. The highest BCUT2D eigenvalue weighted by atomic mass is 19.1. The van der Waals surface area contributed by atoms with E-state index in [1.54, 1.807) is 6.07 Å². The Kier molecular flexibility index (Phi) is 4.49. The molecule has 0 saturated carbocycles. The molecule has 19 heavy (non-hydrogen) atoms. The highest BCUT2D eigenvalue weighted by molar-refractivity contribution is 5.94. The van der Waals surface area contributed by atoms with E-state index in [1.165, 1.54) is 18.2 Å². The molecule has 1 aliphatic rings. The number of likely N-dealkylation sites (tertiary alicyclic amines) is 1. The summed E-state index contributed by atoms with van der Waals surface area (Å²) in [7, 11) is 0. The topological polar surface area (TPSA) is 49.4 Å². The molecule has 4 nitrogen and oxygen atoms in total. The van der Waals surface area contributed by atoms with Crippen LogP contribution in [0.15, 0.2) is 24.3 Å². The molecule has 0 bridgehead atoms. The molecule has 1 heterocycles. The fourth-order valence-corrected chi connectivity index (χ4v) is 2.14. The smallest absolute Gasteiger partial charge is 0.251 e. The van der Waals surface area contributed by atoms with E-state index < -0.39 is 5.82 Å². The molecule has 0 aromatic heterocycles. The van der Waals surface area contributed by atoms with Crippen molar-refractivity contribution in [2.75, 3.05) is 19.6 Å². The highest BCUT2D eigenvalue weighted by Crippen LogP contribution is 2.08. The van der Waals surface area contributed by atoms with E-state index >= 15 is 0 Å². The van der Waals surface area contributed by atoms with E-state index in [4.69, 9.17) is 0 Å². The zero-order valence-electron chi connectivity index (χ0n) is 10.7. The molecular formula is C14H17FN2O2. The summed E-state index contributed by atoms with van der Waals surface area (Å²) in [4.78, 5) is 25.2. The van der Waals surface area contributed by atoms with Gasteiger partial charge in [-0.2, -0.15) is 0 Å². The molecule has 0 spiro atoms. The number of carbonyl (C=O) groups excluding carboxylic acids is 2. The Bertz CT molecular complexity index is 470. The second-order valence-electron chi connectivity index (χ2n) is 4.60. The number of nitrogens with zero attached hydrogens (tertiary/aromatic N) is 1. The van der Waals surface area contributed by atoms with Gasteiger partial charge in [0, 0.05) is 31.6 Å². The highest BCUT2D eigenvalue weighted by Gasteiger charge is 2.17. The van der Waals surface area contributed by atoms with Gasteiger partial charge in [-0.25, -0.2) is 4.39 Å². The normalized spacial score (nSPS) is 14.5. The van der Waals surface area contributed by atoms with Crippen LogP contribution in [-0.2, 0) is 4.79 Å². The minimum atomic E-state index is -0.444. The zero-order chi connectivity index (χ0) is 13.7. The van der Waals surface area contributed by atoms with Gasteiger partial charge in [-0.1, -0.05) is 6.07 Å². The molecule has 1 N–H and O–H groups in total. The maximum absolute atomic E-state index is 12.9. The first-order valence-corrected chi connectivity index (χ1v) is 6.48. The van der Waals surface area contributed by atoms with Crippen LogP contribution in [0.1, 0.15) is 29.6 Å². The largest absolute Gasteiger partial charge is 0.352 e. The van der Waals surface area contributed by atoms with Crippen molar-refractivity contribution in [2.45, 2.75) is 19.3 Å². The molecule has 2 rings (SSSR count). The first-order chi connectivity index (χ1) is 9.16. The van der Waals surface area contributed by atoms with Gasteiger partial charge in [0.15, 0.2) is 0 Å². The molecule has 1 aromatic carbocycles. The number of nitrogens with one attached hydrogen (secondary N) is 1. The number of hydrogen-bond donors (Lipinski definition) is 1. The predicted octanol–water partition coefficient (Wildman–Crippen LogP) is 1.57. The molecule has 5 heteroatoms. The molecule has 0 radical (unpaired) electrons. The van der Waals surface area contributed by atoms with Gasteiger partial charge in [0.2, 0.25) is 5.91 Å². The zero-order valence-corrected chi connectivity index (χ0v) is 10.7. The van der Waals surface area contributed by atoms with Crippen molar-refractivity contribution in [2.24, 2.45) is 0 Å². The van der Waals surface area contributed by atoms with Gasteiger partial charge in [-0.15, -0.1) is 0 Å². The van der Waals surface area contributed by atoms with Gasteiger partial charge < -0.3 is 10.2 Å². The summed E-state index contributed by atoms with van der Waals surface area (Å²) in [5, 5.41) is 2.63. The number of hydrogen-bond acceptors (Lipinski definition) is 2. The van der Waals surface area contributed by atoms with E-state index in [0.717, 1.165) is 25.9 Å². The predicted molar refractivity (Wildman–Crippen MR) is 69.2 cm³/mol. The van der Waals surface area contributed by atoms with E-state index in [0.29, 0.717) is 6.42 Å². The van der Waals surface area contributed by atoms with E-state index in [-0.39, 0.29) is 23.9 Å². The monoisotopic (exact) mass is 264 g/mol. The van der Waals surface area contributed by atoms with Crippen LogP contribution in [0.3, 0.4) is 0 Å². The Morgan fingerprint density at radius 3 is 2.68 bits per heavy atom. The first-order valence-electron chi connectivity index (χ1n) is 6.48. The van der Waals surface area contributed by atoms with Crippen molar-refractivity contribution in [3.8, 4) is 0 Å². The molecule has 1 aliphatic heterocycles. The van der Waals surface area contributed by atoms with Crippen LogP contribution in [0.25, 0.3) is 0 Å². The number of amides is 2. The van der Waals surface area contributed by atoms with Crippen molar-refractivity contribution >= 4 is 11.8 Å². The number of rotatable bonds is 4. The molecule has 2 amide bonds. The Labute approximate surface area is 111 Å².